The van der Waals surface area contributed by atoms with E-state index in [1.165, 1.54) is 6.92 Å². The van der Waals surface area contributed by atoms with Crippen molar-refractivity contribution in [2.75, 3.05) is 6.61 Å². The van der Waals surface area contributed by atoms with Crippen LogP contribution >= 0.6 is 15.6 Å². The predicted octanol–water partition coefficient (Wildman–Crippen LogP) is -15.8. The van der Waals surface area contributed by atoms with Crippen LogP contribution < -0.4 is 149 Å². The van der Waals surface area contributed by atoms with Gasteiger partial charge in [-0.1, -0.05) is 0 Å². The van der Waals surface area contributed by atoms with Gasteiger partial charge in [-0.25, -0.2) is 4.79 Å². The van der Waals surface area contributed by atoms with Crippen LogP contribution in [0.15, 0.2) is 15.8 Å². The molecule has 0 spiro atoms. The molecular formula is C10H12N2Na4O11P2. The summed E-state index contributed by atoms with van der Waals surface area (Å²) in [7, 11) is -10.9. The molecule has 1 N–H and O–H groups in total. The molecule has 0 aliphatic carbocycles. The van der Waals surface area contributed by atoms with Gasteiger partial charge >= 0.3 is 124 Å². The van der Waals surface area contributed by atoms with E-state index in [1.54, 1.807) is 0 Å². The van der Waals surface area contributed by atoms with Gasteiger partial charge in [0.25, 0.3) is 5.56 Å². The average Bonchev–Trinajstić information content (AvgIpc) is 2.80. The quantitative estimate of drug-likeness (QED) is 0.292. The Morgan fingerprint density at radius 3 is 2.17 bits per heavy atom. The third kappa shape index (κ3) is 12.2. The Morgan fingerprint density at radius 1 is 1.14 bits per heavy atom. The van der Waals surface area contributed by atoms with Crippen LogP contribution in [-0.2, 0) is 22.9 Å². The number of nitrogens with zero attached hydrogens (tertiary/aromatic N) is 1. The monoisotopic (exact) mass is 490 g/mol. The summed E-state index contributed by atoms with van der Waals surface area (Å²) in [4.78, 5) is 67.9. The molecule has 1 aliphatic rings. The van der Waals surface area contributed by atoms with E-state index in [9.17, 15) is 38.3 Å². The average molecular weight is 490 g/mol. The van der Waals surface area contributed by atoms with Crippen molar-refractivity contribution in [1.82, 2.24) is 9.55 Å². The smallest absolute Gasteiger partial charge is 0.790 e. The first-order chi connectivity index (χ1) is 11.4. The zero-order valence-corrected chi connectivity index (χ0v) is 26.3. The Bertz CT molecular complexity index is 853. The summed E-state index contributed by atoms with van der Waals surface area (Å²) in [5, 5.41) is 0. The normalized spacial score (nSPS) is 21.2. The molecule has 0 radical (unpaired) electrons. The first-order valence-electron chi connectivity index (χ1n) is 6.70. The van der Waals surface area contributed by atoms with Crippen molar-refractivity contribution in [1.29, 1.82) is 0 Å². The number of aromatic amines is 1. The van der Waals surface area contributed by atoms with Gasteiger partial charge in [-0.15, -0.1) is 0 Å². The van der Waals surface area contributed by atoms with Crippen molar-refractivity contribution in [2.24, 2.45) is 0 Å². The minimum absolute atomic E-state index is 0. The first-order valence-corrected chi connectivity index (χ1v) is 9.62. The molecule has 1 aliphatic heterocycles. The molecule has 1 unspecified atom stereocenters. The number of nitrogens with one attached hydrogen (secondary N) is 1. The Balaban J connectivity index is -0.00000169. The largest absolute Gasteiger partial charge is 1.00 e. The zero-order valence-electron chi connectivity index (χ0n) is 16.6. The van der Waals surface area contributed by atoms with Gasteiger partial charge in [-0.3, -0.25) is 14.3 Å². The topological polar surface area (TPSA) is 209 Å². The molecule has 0 amide bonds. The number of hydrogen-bond acceptors (Lipinski definition) is 11. The van der Waals surface area contributed by atoms with Gasteiger partial charge < -0.3 is 42.5 Å². The van der Waals surface area contributed by atoms with Crippen LogP contribution in [0.4, 0.5) is 0 Å². The van der Waals surface area contributed by atoms with E-state index in [1.807, 2.05) is 4.98 Å². The SMILES string of the molecule is Cc1cn([C@H]2CC(OP(=O)([O-])[O-])[C@@H](COP(=O)([O-])[O-])O2)c(=O)[nH]c1=O.[Na+].[Na+].[Na+].[Na+]. The summed E-state index contributed by atoms with van der Waals surface area (Å²) < 4.78 is 35.8. The van der Waals surface area contributed by atoms with Crippen molar-refractivity contribution in [3.05, 3.63) is 32.6 Å². The number of aryl methyl sites for hydroxylation is 1. The van der Waals surface area contributed by atoms with Gasteiger partial charge in [0, 0.05) is 18.2 Å². The molecule has 2 heterocycles. The second-order valence-corrected chi connectivity index (χ2v) is 7.44. The minimum Gasteiger partial charge on any atom is -0.790 e. The molecular weight excluding hydrogens is 478 g/mol. The van der Waals surface area contributed by atoms with Crippen LogP contribution in [0.25, 0.3) is 0 Å². The summed E-state index contributed by atoms with van der Waals surface area (Å²) in [6.07, 6.45) is -3.33. The third-order valence-corrected chi connectivity index (χ3v) is 4.29. The standard InChI is InChI=1S/C10H16N2O11P2.4Na/c1-5-3-12(10(14)11-9(5)13)8-2-6(23-25(18,19)20)7(22-8)4-21-24(15,16)17;;;;/h3,6-8H,2,4H2,1H3,(H,11,13,14)(H2,15,16,17)(H2,18,19,20);;;;/q;4*+1/p-4/t6?,7-,8-;;;;/m1..../s1. The molecule has 0 aromatic carbocycles. The van der Waals surface area contributed by atoms with Crippen LogP contribution in [0, 0.1) is 6.92 Å². The fourth-order valence-electron chi connectivity index (χ4n) is 2.26. The van der Waals surface area contributed by atoms with Crippen molar-refractivity contribution >= 4 is 15.6 Å². The second kappa shape index (κ2) is 15.0. The summed E-state index contributed by atoms with van der Waals surface area (Å²) in [5.41, 5.74) is -1.39. The number of hydrogen-bond donors (Lipinski definition) is 1. The second-order valence-electron chi connectivity index (χ2n) is 5.18. The molecule has 1 saturated heterocycles. The molecule has 19 heteroatoms. The number of rotatable bonds is 6. The van der Waals surface area contributed by atoms with Crippen molar-refractivity contribution < 1.29 is 161 Å². The van der Waals surface area contributed by atoms with E-state index in [0.717, 1.165) is 10.8 Å². The Morgan fingerprint density at radius 2 is 1.69 bits per heavy atom. The number of ether oxygens (including phenoxy) is 1. The maximum Gasteiger partial charge on any atom is 1.00 e. The number of phosphoric ester groups is 2. The predicted molar refractivity (Wildman–Crippen MR) is 70.6 cm³/mol. The van der Waals surface area contributed by atoms with Crippen molar-refractivity contribution in [3.63, 3.8) is 0 Å². The molecule has 1 fully saturated rings. The minimum atomic E-state index is -5.47. The van der Waals surface area contributed by atoms with Crippen molar-refractivity contribution in [3.8, 4) is 0 Å². The van der Waals surface area contributed by atoms with Crippen LogP contribution in [-0.4, -0.2) is 28.4 Å². The van der Waals surface area contributed by atoms with Crippen LogP contribution in [0.3, 0.4) is 0 Å². The molecule has 1 aromatic rings. The van der Waals surface area contributed by atoms with Gasteiger partial charge in [0.2, 0.25) is 0 Å². The molecule has 13 nitrogen and oxygen atoms in total. The summed E-state index contributed by atoms with van der Waals surface area (Å²) >= 11 is 0. The molecule has 0 saturated carbocycles. The van der Waals surface area contributed by atoms with E-state index in [2.05, 4.69) is 9.05 Å². The Hall–Kier alpha value is 2.86. The Kier molecular flexibility index (Phi) is 18.8. The Labute approximate surface area is 253 Å². The summed E-state index contributed by atoms with van der Waals surface area (Å²) in [5.74, 6) is 0. The van der Waals surface area contributed by atoms with Gasteiger partial charge in [0.1, 0.15) is 12.3 Å². The fourth-order valence-corrected chi connectivity index (χ4v) is 3.15. The zero-order chi connectivity index (χ0) is 19.0. The molecule has 1 aromatic heterocycles. The van der Waals surface area contributed by atoms with E-state index in [4.69, 9.17) is 4.74 Å². The fraction of sp³-hybridized carbons (Fsp3) is 0.600. The summed E-state index contributed by atoms with van der Waals surface area (Å²) in [6, 6.07) is 0. The molecule has 142 valence electrons. The molecule has 3 atom stereocenters. The van der Waals surface area contributed by atoms with Crippen LogP contribution in [0.2, 0.25) is 0 Å². The molecule has 0 bridgehead atoms. The van der Waals surface area contributed by atoms with Crippen LogP contribution in [0.5, 0.6) is 0 Å². The van der Waals surface area contributed by atoms with Crippen molar-refractivity contribution in [2.45, 2.75) is 31.8 Å². The maximum absolute atomic E-state index is 11.8. The van der Waals surface area contributed by atoms with E-state index in [0.29, 0.717) is 0 Å². The van der Waals surface area contributed by atoms with E-state index >= 15 is 0 Å². The first kappa shape index (κ1) is 36.4. The van der Waals surface area contributed by atoms with Gasteiger partial charge in [0.15, 0.2) is 0 Å². The van der Waals surface area contributed by atoms with Gasteiger partial charge in [0.05, 0.1) is 28.4 Å². The van der Waals surface area contributed by atoms with Gasteiger partial charge in [-0.05, 0) is 6.92 Å². The van der Waals surface area contributed by atoms with Gasteiger partial charge in [-0.2, -0.15) is 0 Å². The number of phosphoric acid groups is 2. The summed E-state index contributed by atoms with van der Waals surface area (Å²) in [6.45, 7) is 0.482. The number of H-pyrrole nitrogens is 1. The van der Waals surface area contributed by atoms with Crippen LogP contribution in [0.1, 0.15) is 18.2 Å². The number of aromatic nitrogens is 2. The van der Waals surface area contributed by atoms with E-state index in [-0.39, 0.29) is 130 Å². The van der Waals surface area contributed by atoms with E-state index < -0.39 is 51.9 Å². The molecule has 2 rings (SSSR count). The molecule has 29 heavy (non-hydrogen) atoms. The maximum atomic E-state index is 11.8. The third-order valence-electron chi connectivity index (χ3n) is 3.30.